The number of rotatable bonds is 9. The fraction of sp³-hybridized carbons (Fsp3) is 0.393. The maximum atomic E-state index is 12.9. The first-order valence-electron chi connectivity index (χ1n) is 12.3. The van der Waals surface area contributed by atoms with Crippen LogP contribution in [0, 0.1) is 0 Å². The van der Waals surface area contributed by atoms with Crippen molar-refractivity contribution in [3.8, 4) is 0 Å². The number of hydrogen-bond acceptors (Lipinski definition) is 5. The Morgan fingerprint density at radius 1 is 1.00 bits per heavy atom. The Morgan fingerprint density at radius 2 is 1.74 bits per heavy atom. The highest BCUT2D eigenvalue weighted by atomic mass is 16.6. The third-order valence-electron chi connectivity index (χ3n) is 6.61. The fourth-order valence-electron chi connectivity index (χ4n) is 4.73. The Kier molecular flexibility index (Phi) is 8.19. The molecule has 0 radical (unpaired) electrons. The number of carbonyl (C=O) groups excluding carboxylic acids is 3. The lowest BCUT2D eigenvalue weighted by Crippen LogP contribution is -2.44. The molecule has 3 aromatic rings. The predicted molar refractivity (Wildman–Crippen MR) is 134 cm³/mol. The van der Waals surface area contributed by atoms with Crippen molar-refractivity contribution in [1.29, 1.82) is 0 Å². The van der Waals surface area contributed by atoms with Gasteiger partial charge in [-0.3, -0.25) is 4.79 Å². The van der Waals surface area contributed by atoms with Crippen LogP contribution in [-0.2, 0) is 20.7 Å². The van der Waals surface area contributed by atoms with E-state index in [-0.39, 0.29) is 18.8 Å². The third-order valence-corrected chi connectivity index (χ3v) is 6.61. The number of carbonyl (C=O) groups is 3. The second-order valence-electron chi connectivity index (χ2n) is 8.97. The lowest BCUT2D eigenvalue weighted by Gasteiger charge is -2.22. The molecule has 1 aliphatic carbocycles. The largest absolute Gasteiger partial charge is 0.456 e. The number of ether oxygens (including phenoxy) is 2. The molecule has 7 heteroatoms. The number of aromatic nitrogens is 1. The van der Waals surface area contributed by atoms with Crippen molar-refractivity contribution in [1.82, 2.24) is 10.3 Å². The Hall–Kier alpha value is -3.61. The molecule has 0 aliphatic heterocycles. The lowest BCUT2D eigenvalue weighted by atomic mass is 9.84. The summed E-state index contributed by atoms with van der Waals surface area (Å²) in [6, 6.07) is 14.3. The number of para-hydroxylation sites is 1. The van der Waals surface area contributed by atoms with E-state index in [0.29, 0.717) is 11.5 Å². The number of ketones is 1. The number of Topliss-reactive ketones (excluding diaryl/α,β-unsaturated/α-hetero) is 1. The summed E-state index contributed by atoms with van der Waals surface area (Å²) >= 11 is 0. The highest BCUT2D eigenvalue weighted by Gasteiger charge is 2.26. The van der Waals surface area contributed by atoms with Gasteiger partial charge in [-0.1, -0.05) is 61.7 Å². The second-order valence-corrected chi connectivity index (χ2v) is 8.97. The van der Waals surface area contributed by atoms with Gasteiger partial charge in [0.05, 0.1) is 6.61 Å². The molecule has 4 rings (SSSR count). The van der Waals surface area contributed by atoms with Crippen molar-refractivity contribution in [3.63, 3.8) is 0 Å². The molecule has 35 heavy (non-hydrogen) atoms. The smallest absolute Gasteiger partial charge is 0.407 e. The number of nitrogens with one attached hydrogen (secondary N) is 2. The summed E-state index contributed by atoms with van der Waals surface area (Å²) < 4.78 is 10.3. The van der Waals surface area contributed by atoms with E-state index in [9.17, 15) is 14.4 Å². The van der Waals surface area contributed by atoms with Crippen molar-refractivity contribution in [2.75, 3.05) is 13.2 Å². The van der Waals surface area contributed by atoms with Crippen LogP contribution in [0.15, 0.2) is 54.7 Å². The van der Waals surface area contributed by atoms with Crippen molar-refractivity contribution >= 4 is 28.7 Å². The fourth-order valence-corrected chi connectivity index (χ4v) is 4.73. The van der Waals surface area contributed by atoms with Crippen LogP contribution < -0.4 is 5.32 Å². The molecule has 0 unspecified atom stereocenters. The van der Waals surface area contributed by atoms with E-state index in [4.69, 9.17) is 9.47 Å². The molecule has 7 nitrogen and oxygen atoms in total. The summed E-state index contributed by atoms with van der Waals surface area (Å²) in [7, 11) is 0. The summed E-state index contributed by atoms with van der Waals surface area (Å²) in [5.41, 5.74) is 3.54. The Balaban J connectivity index is 1.39. The monoisotopic (exact) mass is 476 g/mol. The van der Waals surface area contributed by atoms with Crippen LogP contribution >= 0.6 is 0 Å². The van der Waals surface area contributed by atoms with Gasteiger partial charge >= 0.3 is 12.1 Å². The lowest BCUT2D eigenvalue weighted by molar-refractivity contribution is -0.144. The van der Waals surface area contributed by atoms with Gasteiger partial charge in [0.1, 0.15) is 6.04 Å². The minimum Gasteiger partial charge on any atom is -0.456 e. The minimum absolute atomic E-state index is 0.177. The molecule has 184 valence electrons. The molecule has 1 heterocycles. The summed E-state index contributed by atoms with van der Waals surface area (Å²) in [4.78, 5) is 40.8. The number of hydrogen-bond donors (Lipinski definition) is 2. The van der Waals surface area contributed by atoms with Gasteiger partial charge in [-0.25, -0.2) is 9.59 Å². The Labute approximate surface area is 205 Å². The number of fused-ring (bicyclic) bond motifs is 1. The van der Waals surface area contributed by atoms with Crippen molar-refractivity contribution < 1.29 is 23.9 Å². The summed E-state index contributed by atoms with van der Waals surface area (Å²) in [5.74, 6) is -0.406. The summed E-state index contributed by atoms with van der Waals surface area (Å²) in [6.07, 6.45) is 7.47. The van der Waals surface area contributed by atoms with Gasteiger partial charge < -0.3 is 19.8 Å². The van der Waals surface area contributed by atoms with E-state index in [1.807, 2.05) is 36.4 Å². The molecule has 1 fully saturated rings. The maximum absolute atomic E-state index is 12.9. The summed E-state index contributed by atoms with van der Waals surface area (Å²) in [6.45, 7) is 1.47. The van der Waals surface area contributed by atoms with Crippen LogP contribution in [0.1, 0.15) is 66.4 Å². The van der Waals surface area contributed by atoms with E-state index in [2.05, 4.69) is 10.3 Å². The van der Waals surface area contributed by atoms with Gasteiger partial charge in [0.25, 0.3) is 0 Å². The molecule has 1 saturated carbocycles. The summed E-state index contributed by atoms with van der Waals surface area (Å²) in [5, 5.41) is 3.52. The standard InChI is InChI=1S/C28H32N2O5/c1-2-34-28(33)30-25(16-22-17-29-24-11-7-6-10-23(22)24)27(32)35-18-26(31)21-14-12-20(13-15-21)19-8-4-3-5-9-19/h6-7,10-15,17,19,25,29H,2-5,8-9,16,18H2,1H3,(H,30,33)/t25-/m1/s1. The molecular formula is C28H32N2O5. The molecule has 0 spiro atoms. The van der Waals surface area contributed by atoms with E-state index >= 15 is 0 Å². The number of amides is 1. The van der Waals surface area contributed by atoms with Crippen LogP contribution in [0.3, 0.4) is 0 Å². The van der Waals surface area contributed by atoms with Crippen LogP contribution in [0.5, 0.6) is 0 Å². The van der Waals surface area contributed by atoms with Crippen molar-refractivity contribution in [2.24, 2.45) is 0 Å². The average molecular weight is 477 g/mol. The second kappa shape index (κ2) is 11.7. The maximum Gasteiger partial charge on any atom is 0.407 e. The zero-order chi connectivity index (χ0) is 24.6. The molecule has 2 N–H and O–H groups in total. The van der Waals surface area contributed by atoms with Crippen LogP contribution in [0.25, 0.3) is 10.9 Å². The predicted octanol–water partition coefficient (Wildman–Crippen LogP) is 5.30. The normalized spacial score (nSPS) is 14.9. The van der Waals surface area contributed by atoms with Gasteiger partial charge in [0.2, 0.25) is 0 Å². The molecule has 1 atom stereocenters. The Morgan fingerprint density at radius 3 is 2.49 bits per heavy atom. The van der Waals surface area contributed by atoms with Crippen molar-refractivity contribution in [2.45, 2.75) is 57.4 Å². The first-order valence-corrected chi connectivity index (χ1v) is 12.3. The molecule has 0 saturated heterocycles. The van der Waals surface area contributed by atoms with Crippen LogP contribution in [0.4, 0.5) is 4.79 Å². The molecule has 1 amide bonds. The van der Waals surface area contributed by atoms with Crippen LogP contribution in [0.2, 0.25) is 0 Å². The molecule has 0 bridgehead atoms. The minimum atomic E-state index is -0.991. The SMILES string of the molecule is CCOC(=O)N[C@H](Cc1c[nH]c2ccccc12)C(=O)OCC(=O)c1ccc(C2CCCCC2)cc1. The van der Waals surface area contributed by atoms with Gasteiger partial charge in [-0.05, 0) is 42.9 Å². The van der Waals surface area contributed by atoms with Crippen molar-refractivity contribution in [3.05, 3.63) is 71.4 Å². The number of benzene rings is 2. The molecular weight excluding hydrogens is 444 g/mol. The zero-order valence-electron chi connectivity index (χ0n) is 20.0. The van der Waals surface area contributed by atoms with Gasteiger partial charge in [0.15, 0.2) is 12.4 Å². The van der Waals surface area contributed by atoms with E-state index in [0.717, 1.165) is 16.5 Å². The topological polar surface area (TPSA) is 97.5 Å². The number of aromatic amines is 1. The molecule has 2 aromatic carbocycles. The molecule has 1 aromatic heterocycles. The van der Waals surface area contributed by atoms with Gasteiger partial charge in [-0.15, -0.1) is 0 Å². The van der Waals surface area contributed by atoms with E-state index in [1.165, 1.54) is 37.7 Å². The first kappa shape index (κ1) is 24.5. The quantitative estimate of drug-likeness (QED) is 0.323. The Bertz CT molecular complexity index is 1160. The molecule has 1 aliphatic rings. The number of H-pyrrole nitrogens is 1. The highest BCUT2D eigenvalue weighted by Crippen LogP contribution is 2.32. The first-order chi connectivity index (χ1) is 17.0. The number of esters is 1. The number of alkyl carbamates (subject to hydrolysis) is 1. The van der Waals surface area contributed by atoms with E-state index in [1.54, 1.807) is 25.3 Å². The van der Waals surface area contributed by atoms with Gasteiger partial charge in [0, 0.05) is 29.1 Å². The van der Waals surface area contributed by atoms with E-state index < -0.39 is 24.7 Å². The highest BCUT2D eigenvalue weighted by molar-refractivity contribution is 5.98. The third kappa shape index (κ3) is 6.29. The zero-order valence-corrected chi connectivity index (χ0v) is 20.0. The van der Waals surface area contributed by atoms with Gasteiger partial charge in [-0.2, -0.15) is 0 Å². The van der Waals surface area contributed by atoms with Crippen LogP contribution in [-0.4, -0.2) is 42.1 Å². The average Bonchev–Trinajstić information content (AvgIpc) is 3.30.